The van der Waals surface area contributed by atoms with Crippen molar-refractivity contribution >= 4 is 21.7 Å². The molecule has 17 heavy (non-hydrogen) atoms. The van der Waals surface area contributed by atoms with Crippen LogP contribution in [0.4, 0.5) is 0 Å². The first-order valence-corrected chi connectivity index (χ1v) is 6.07. The second kappa shape index (κ2) is 3.85. The molecule has 1 aromatic heterocycles. The van der Waals surface area contributed by atoms with Crippen molar-refractivity contribution in [2.24, 2.45) is 0 Å². The highest BCUT2D eigenvalue weighted by molar-refractivity contribution is 6.06. The van der Waals surface area contributed by atoms with Crippen LogP contribution < -0.4 is 0 Å². The predicted molar refractivity (Wildman–Crippen MR) is 73.4 cm³/mol. The zero-order chi connectivity index (χ0) is 11.8. The van der Waals surface area contributed by atoms with Gasteiger partial charge in [0.05, 0.1) is 5.52 Å². The maximum atomic E-state index is 4.62. The van der Waals surface area contributed by atoms with Gasteiger partial charge in [0.2, 0.25) is 0 Å². The van der Waals surface area contributed by atoms with E-state index in [4.69, 9.17) is 0 Å². The summed E-state index contributed by atoms with van der Waals surface area (Å²) in [5.41, 5.74) is 3.83. The van der Waals surface area contributed by atoms with Crippen LogP contribution in [0.3, 0.4) is 0 Å². The number of fused-ring (bicyclic) bond motifs is 3. The fraction of sp³-hybridized carbons (Fsp3) is 0.188. The molecule has 0 bridgehead atoms. The number of hydrogen-bond acceptors (Lipinski definition) is 1. The van der Waals surface area contributed by atoms with E-state index in [2.05, 4.69) is 55.2 Å². The van der Waals surface area contributed by atoms with Gasteiger partial charge >= 0.3 is 0 Å². The molecule has 0 aliphatic rings. The van der Waals surface area contributed by atoms with Crippen molar-refractivity contribution in [3.8, 4) is 0 Å². The molecule has 0 saturated heterocycles. The Morgan fingerprint density at radius 3 is 2.65 bits per heavy atom. The lowest BCUT2D eigenvalue weighted by Crippen LogP contribution is -1.92. The van der Waals surface area contributed by atoms with E-state index in [1.165, 1.54) is 27.3 Å². The van der Waals surface area contributed by atoms with Gasteiger partial charge in [-0.2, -0.15) is 0 Å². The Kier molecular flexibility index (Phi) is 2.32. The topological polar surface area (TPSA) is 12.9 Å². The third kappa shape index (κ3) is 1.50. The van der Waals surface area contributed by atoms with Gasteiger partial charge in [-0.25, -0.2) is 0 Å². The van der Waals surface area contributed by atoms with Gasteiger partial charge in [0.1, 0.15) is 0 Å². The zero-order valence-electron chi connectivity index (χ0n) is 10.2. The van der Waals surface area contributed by atoms with E-state index < -0.39 is 0 Å². The third-order valence-corrected chi connectivity index (χ3v) is 3.44. The van der Waals surface area contributed by atoms with Crippen LogP contribution in [0.15, 0.2) is 42.6 Å². The van der Waals surface area contributed by atoms with Crippen LogP contribution in [-0.2, 0) is 6.42 Å². The first kappa shape index (κ1) is 10.3. The van der Waals surface area contributed by atoms with Gasteiger partial charge < -0.3 is 0 Å². The molecule has 0 radical (unpaired) electrons. The summed E-state index contributed by atoms with van der Waals surface area (Å²) >= 11 is 0. The van der Waals surface area contributed by atoms with E-state index in [1.54, 1.807) is 0 Å². The Morgan fingerprint density at radius 2 is 1.82 bits per heavy atom. The van der Waals surface area contributed by atoms with Gasteiger partial charge in [0.15, 0.2) is 0 Å². The van der Waals surface area contributed by atoms with Crippen molar-refractivity contribution in [3.05, 3.63) is 53.7 Å². The average Bonchev–Trinajstić information content (AvgIpc) is 2.38. The van der Waals surface area contributed by atoms with Crippen LogP contribution >= 0.6 is 0 Å². The van der Waals surface area contributed by atoms with E-state index in [9.17, 15) is 0 Å². The molecule has 0 atom stereocenters. The summed E-state index contributed by atoms with van der Waals surface area (Å²) in [5, 5.41) is 3.81. The first-order valence-electron chi connectivity index (χ1n) is 6.07. The van der Waals surface area contributed by atoms with Crippen LogP contribution in [0.25, 0.3) is 21.7 Å². The monoisotopic (exact) mass is 221 g/mol. The molecule has 0 unspecified atom stereocenters. The summed E-state index contributed by atoms with van der Waals surface area (Å²) < 4.78 is 0. The Bertz CT molecular complexity index is 698. The fourth-order valence-electron chi connectivity index (χ4n) is 2.56. The second-order valence-corrected chi connectivity index (χ2v) is 4.46. The number of aryl methyl sites for hydroxylation is 2. The molecule has 0 fully saturated rings. The highest BCUT2D eigenvalue weighted by Gasteiger charge is 2.06. The van der Waals surface area contributed by atoms with Gasteiger partial charge in [-0.15, -0.1) is 0 Å². The fourth-order valence-corrected chi connectivity index (χ4v) is 2.56. The van der Waals surface area contributed by atoms with Crippen LogP contribution in [0.1, 0.15) is 18.1 Å². The van der Waals surface area contributed by atoms with Crippen LogP contribution in [0.5, 0.6) is 0 Å². The number of benzene rings is 2. The molecule has 0 aliphatic carbocycles. The maximum absolute atomic E-state index is 4.62. The molecule has 1 heterocycles. The molecular weight excluding hydrogens is 206 g/mol. The summed E-state index contributed by atoms with van der Waals surface area (Å²) in [6, 6.07) is 12.8. The average molecular weight is 221 g/mol. The van der Waals surface area contributed by atoms with Gasteiger partial charge in [0.25, 0.3) is 0 Å². The molecule has 0 spiro atoms. The largest absolute Gasteiger partial charge is 0.255 e. The molecule has 0 N–H and O–H groups in total. The van der Waals surface area contributed by atoms with Crippen molar-refractivity contribution in [2.45, 2.75) is 20.3 Å². The van der Waals surface area contributed by atoms with Crippen molar-refractivity contribution in [1.82, 2.24) is 4.98 Å². The van der Waals surface area contributed by atoms with Gasteiger partial charge in [-0.1, -0.05) is 43.3 Å². The van der Waals surface area contributed by atoms with Crippen LogP contribution in [0.2, 0.25) is 0 Å². The second-order valence-electron chi connectivity index (χ2n) is 4.46. The number of aromatic nitrogens is 1. The quantitative estimate of drug-likeness (QED) is 0.559. The molecule has 0 amide bonds. The Balaban J connectivity index is 2.52. The summed E-state index contributed by atoms with van der Waals surface area (Å²) in [6.07, 6.45) is 3.05. The lowest BCUT2D eigenvalue weighted by molar-refractivity contribution is 1.11. The molecule has 3 rings (SSSR count). The number of nitrogens with zero attached hydrogens (tertiary/aromatic N) is 1. The molecule has 2 aromatic carbocycles. The van der Waals surface area contributed by atoms with Crippen molar-refractivity contribution < 1.29 is 0 Å². The summed E-state index contributed by atoms with van der Waals surface area (Å²) in [5.74, 6) is 0. The molecule has 0 aliphatic heterocycles. The first-order chi connectivity index (χ1) is 8.31. The van der Waals surface area contributed by atoms with E-state index in [-0.39, 0.29) is 0 Å². The standard InChI is InChI=1S/C16H15N/c1-3-13-11(2)10-17-16-14-7-5-4-6-12(14)8-9-15(13)16/h4-10H,3H2,1-2H3. The van der Waals surface area contributed by atoms with Crippen molar-refractivity contribution in [3.63, 3.8) is 0 Å². The van der Waals surface area contributed by atoms with Gasteiger partial charge in [0, 0.05) is 17.0 Å². The molecule has 3 aromatic rings. The summed E-state index contributed by atoms with van der Waals surface area (Å²) in [6.45, 7) is 4.34. The summed E-state index contributed by atoms with van der Waals surface area (Å²) in [4.78, 5) is 4.62. The van der Waals surface area contributed by atoms with E-state index >= 15 is 0 Å². The molecule has 84 valence electrons. The van der Waals surface area contributed by atoms with Crippen LogP contribution in [-0.4, -0.2) is 4.98 Å². The minimum absolute atomic E-state index is 1.06. The Morgan fingerprint density at radius 1 is 1.00 bits per heavy atom. The number of pyridine rings is 1. The van der Waals surface area contributed by atoms with Gasteiger partial charge in [-0.05, 0) is 29.9 Å². The molecule has 1 heteroatoms. The van der Waals surface area contributed by atoms with E-state index in [1.807, 2.05) is 6.20 Å². The number of hydrogen-bond donors (Lipinski definition) is 0. The molecule has 0 saturated carbocycles. The predicted octanol–water partition coefficient (Wildman–Crippen LogP) is 4.26. The smallest absolute Gasteiger partial charge is 0.0783 e. The SMILES string of the molecule is CCc1c(C)cnc2c1ccc1ccccc12. The van der Waals surface area contributed by atoms with Crippen LogP contribution in [0, 0.1) is 6.92 Å². The maximum Gasteiger partial charge on any atom is 0.0783 e. The lowest BCUT2D eigenvalue weighted by atomic mass is 9.99. The normalized spacial score (nSPS) is 11.2. The Hall–Kier alpha value is -1.89. The van der Waals surface area contributed by atoms with Gasteiger partial charge in [-0.3, -0.25) is 4.98 Å². The van der Waals surface area contributed by atoms with E-state index in [0.29, 0.717) is 0 Å². The highest BCUT2D eigenvalue weighted by Crippen LogP contribution is 2.27. The number of rotatable bonds is 1. The highest BCUT2D eigenvalue weighted by atomic mass is 14.7. The zero-order valence-corrected chi connectivity index (χ0v) is 10.2. The molecular formula is C16H15N. The minimum Gasteiger partial charge on any atom is -0.255 e. The van der Waals surface area contributed by atoms with E-state index in [0.717, 1.165) is 11.9 Å². The third-order valence-electron chi connectivity index (χ3n) is 3.44. The molecule has 1 nitrogen and oxygen atoms in total. The van der Waals surface area contributed by atoms with Crippen molar-refractivity contribution in [2.75, 3.05) is 0 Å². The lowest BCUT2D eigenvalue weighted by Gasteiger charge is -2.09. The Labute approximate surface area is 101 Å². The summed E-state index contributed by atoms with van der Waals surface area (Å²) in [7, 11) is 0. The minimum atomic E-state index is 1.06. The van der Waals surface area contributed by atoms with Crippen molar-refractivity contribution in [1.29, 1.82) is 0 Å².